The van der Waals surface area contributed by atoms with Crippen LogP contribution in [0.3, 0.4) is 0 Å². The van der Waals surface area contributed by atoms with Crippen LogP contribution in [0.4, 0.5) is 0 Å². The third-order valence-electron chi connectivity index (χ3n) is 1.14. The van der Waals surface area contributed by atoms with Gasteiger partial charge in [-0.2, -0.15) is 0 Å². The Bertz CT molecular complexity index is 251. The fraction of sp³-hybridized carbons (Fsp3) is 0.125. The molecule has 0 spiro atoms. The lowest BCUT2D eigenvalue weighted by Crippen LogP contribution is -1.89. The summed E-state index contributed by atoms with van der Waals surface area (Å²) in [5, 5.41) is 5.80. The van der Waals surface area contributed by atoms with Gasteiger partial charge in [0, 0.05) is 0 Å². The van der Waals surface area contributed by atoms with Gasteiger partial charge in [0.2, 0.25) is 0 Å². The minimum absolute atomic E-state index is 0.875. The van der Waals surface area contributed by atoms with Gasteiger partial charge in [-0.25, -0.2) is 0 Å². The van der Waals surface area contributed by atoms with E-state index in [4.69, 9.17) is 0 Å². The van der Waals surface area contributed by atoms with E-state index in [1.807, 2.05) is 24.4 Å². The van der Waals surface area contributed by atoms with E-state index in [0.717, 1.165) is 10.6 Å². The normalized spacial score (nSPS) is 11.2. The van der Waals surface area contributed by atoms with Gasteiger partial charge in [0.25, 0.3) is 0 Å². The first-order chi connectivity index (χ1) is 5.34. The Kier molecular flexibility index (Phi) is 2.86. The van der Waals surface area contributed by atoms with Crippen LogP contribution in [-0.2, 0) is 4.84 Å². The number of hydrogen-bond donors (Lipinski definition) is 0. The molecule has 0 saturated carbocycles. The summed E-state index contributed by atoms with van der Waals surface area (Å²) in [7, 11) is 0. The van der Waals surface area contributed by atoms with Crippen LogP contribution in [0.2, 0.25) is 0 Å². The molecule has 1 heterocycles. The Hall–Kier alpha value is -1.09. The number of thiophene rings is 1. The molecular formula is C8H9NOS. The average Bonchev–Trinajstić information content (AvgIpc) is 2.52. The quantitative estimate of drug-likeness (QED) is 0.385. The molecule has 58 valence electrons. The summed E-state index contributed by atoms with van der Waals surface area (Å²) < 4.78 is 0. The molecule has 0 aliphatic carbocycles. The smallest absolute Gasteiger partial charge is 0.114 e. The van der Waals surface area contributed by atoms with Crippen LogP contribution >= 0.6 is 11.3 Å². The van der Waals surface area contributed by atoms with Crippen molar-refractivity contribution in [2.45, 2.75) is 6.92 Å². The lowest BCUT2D eigenvalue weighted by atomic mass is 10.3. The molecule has 0 radical (unpaired) electrons. The molecule has 0 aliphatic heterocycles. The zero-order chi connectivity index (χ0) is 8.10. The SMILES string of the molecule is C=CON=C(C)c1cccs1. The highest BCUT2D eigenvalue weighted by atomic mass is 32.1. The summed E-state index contributed by atoms with van der Waals surface area (Å²) in [6.07, 6.45) is 1.30. The summed E-state index contributed by atoms with van der Waals surface area (Å²) >= 11 is 1.64. The molecule has 2 nitrogen and oxygen atoms in total. The highest BCUT2D eigenvalue weighted by Gasteiger charge is 1.96. The molecule has 3 heteroatoms. The topological polar surface area (TPSA) is 21.6 Å². The van der Waals surface area contributed by atoms with E-state index in [2.05, 4.69) is 16.6 Å². The van der Waals surface area contributed by atoms with E-state index in [9.17, 15) is 0 Å². The largest absolute Gasteiger partial charge is 0.365 e. The number of rotatable bonds is 3. The Labute approximate surface area is 69.8 Å². The van der Waals surface area contributed by atoms with E-state index < -0.39 is 0 Å². The van der Waals surface area contributed by atoms with E-state index >= 15 is 0 Å². The van der Waals surface area contributed by atoms with Gasteiger partial charge < -0.3 is 4.84 Å². The van der Waals surface area contributed by atoms with Crippen molar-refractivity contribution in [1.82, 2.24) is 0 Å². The van der Waals surface area contributed by atoms with Crippen molar-refractivity contribution in [3.05, 3.63) is 35.2 Å². The minimum atomic E-state index is 0.875. The molecule has 0 atom stereocenters. The van der Waals surface area contributed by atoms with Crippen molar-refractivity contribution in [3.63, 3.8) is 0 Å². The Balaban J connectivity index is 2.68. The van der Waals surface area contributed by atoms with Gasteiger partial charge in [-0.1, -0.05) is 17.8 Å². The van der Waals surface area contributed by atoms with Crippen LogP contribution in [0.1, 0.15) is 11.8 Å². The number of nitrogens with zero attached hydrogens (tertiary/aromatic N) is 1. The highest BCUT2D eigenvalue weighted by molar-refractivity contribution is 7.12. The van der Waals surface area contributed by atoms with Crippen LogP contribution in [0.15, 0.2) is 35.5 Å². The summed E-state index contributed by atoms with van der Waals surface area (Å²) in [6, 6.07) is 3.98. The van der Waals surface area contributed by atoms with Gasteiger partial charge in [-0.3, -0.25) is 0 Å². The van der Waals surface area contributed by atoms with E-state index in [0.29, 0.717) is 0 Å². The van der Waals surface area contributed by atoms with Gasteiger partial charge in [0.1, 0.15) is 6.26 Å². The summed E-state index contributed by atoms with van der Waals surface area (Å²) in [5.74, 6) is 0. The van der Waals surface area contributed by atoms with Crippen molar-refractivity contribution in [2.75, 3.05) is 0 Å². The van der Waals surface area contributed by atoms with Crippen molar-refractivity contribution in [3.8, 4) is 0 Å². The maximum Gasteiger partial charge on any atom is 0.114 e. The van der Waals surface area contributed by atoms with Crippen LogP contribution in [0.5, 0.6) is 0 Å². The van der Waals surface area contributed by atoms with E-state index in [1.54, 1.807) is 11.3 Å². The fourth-order valence-electron chi connectivity index (χ4n) is 0.646. The Morgan fingerprint density at radius 3 is 3.18 bits per heavy atom. The number of hydrogen-bond acceptors (Lipinski definition) is 3. The van der Waals surface area contributed by atoms with Crippen molar-refractivity contribution in [2.24, 2.45) is 5.16 Å². The minimum Gasteiger partial charge on any atom is -0.365 e. The Morgan fingerprint density at radius 1 is 1.82 bits per heavy atom. The standard InChI is InChI=1S/C8H9NOS/c1-3-10-9-7(2)8-5-4-6-11-8/h3-6H,1H2,2H3. The molecule has 0 fully saturated rings. The molecule has 0 aromatic carbocycles. The van der Waals surface area contributed by atoms with E-state index in [1.165, 1.54) is 6.26 Å². The predicted octanol–water partition coefficient (Wildman–Crippen LogP) is 2.63. The van der Waals surface area contributed by atoms with E-state index in [-0.39, 0.29) is 0 Å². The lowest BCUT2D eigenvalue weighted by Gasteiger charge is -1.92. The zero-order valence-electron chi connectivity index (χ0n) is 6.28. The third-order valence-corrected chi connectivity index (χ3v) is 2.12. The second-order valence-corrected chi connectivity index (χ2v) is 2.87. The molecule has 0 amide bonds. The molecule has 0 aliphatic rings. The number of oxime groups is 1. The van der Waals surface area contributed by atoms with Crippen LogP contribution < -0.4 is 0 Å². The second-order valence-electron chi connectivity index (χ2n) is 1.93. The molecule has 0 saturated heterocycles. The third kappa shape index (κ3) is 2.20. The van der Waals surface area contributed by atoms with Gasteiger partial charge in [-0.05, 0) is 18.4 Å². The summed E-state index contributed by atoms with van der Waals surface area (Å²) in [6.45, 7) is 5.29. The molecule has 0 bridgehead atoms. The van der Waals surface area contributed by atoms with Crippen molar-refractivity contribution in [1.29, 1.82) is 0 Å². The summed E-state index contributed by atoms with van der Waals surface area (Å²) in [5.41, 5.74) is 0.875. The van der Waals surface area contributed by atoms with Gasteiger partial charge >= 0.3 is 0 Å². The first kappa shape index (κ1) is 8.01. The van der Waals surface area contributed by atoms with Crippen molar-refractivity contribution < 1.29 is 4.84 Å². The molecular weight excluding hydrogens is 158 g/mol. The van der Waals surface area contributed by atoms with Gasteiger partial charge in [-0.15, -0.1) is 11.3 Å². The zero-order valence-corrected chi connectivity index (χ0v) is 7.10. The lowest BCUT2D eigenvalue weighted by molar-refractivity contribution is 0.270. The average molecular weight is 167 g/mol. The predicted molar refractivity (Wildman–Crippen MR) is 47.8 cm³/mol. The monoisotopic (exact) mass is 167 g/mol. The van der Waals surface area contributed by atoms with Gasteiger partial charge in [0.15, 0.2) is 0 Å². The molecule has 0 N–H and O–H groups in total. The van der Waals surface area contributed by atoms with Crippen LogP contribution in [0.25, 0.3) is 0 Å². The molecule has 11 heavy (non-hydrogen) atoms. The van der Waals surface area contributed by atoms with Crippen LogP contribution in [-0.4, -0.2) is 5.71 Å². The fourth-order valence-corrected chi connectivity index (χ4v) is 1.31. The molecule has 1 aromatic heterocycles. The molecule has 0 unspecified atom stereocenters. The molecule has 1 aromatic rings. The van der Waals surface area contributed by atoms with Crippen LogP contribution in [0, 0.1) is 0 Å². The second kappa shape index (κ2) is 3.93. The van der Waals surface area contributed by atoms with Gasteiger partial charge in [0.05, 0.1) is 10.6 Å². The highest BCUT2D eigenvalue weighted by Crippen LogP contribution is 2.09. The Morgan fingerprint density at radius 2 is 2.64 bits per heavy atom. The first-order valence-corrected chi connectivity index (χ1v) is 4.07. The maximum absolute atomic E-state index is 4.68. The summed E-state index contributed by atoms with van der Waals surface area (Å²) in [4.78, 5) is 5.80. The molecule has 1 rings (SSSR count). The van der Waals surface area contributed by atoms with Crippen molar-refractivity contribution >= 4 is 17.0 Å². The maximum atomic E-state index is 4.68. The first-order valence-electron chi connectivity index (χ1n) is 3.20.